The van der Waals surface area contributed by atoms with Gasteiger partial charge in [0.25, 0.3) is 0 Å². The molecule has 4 heteroatoms. The van der Waals surface area contributed by atoms with E-state index in [1.807, 2.05) is 37.4 Å². The summed E-state index contributed by atoms with van der Waals surface area (Å²) in [5, 5.41) is 0.785. The zero-order valence-electron chi connectivity index (χ0n) is 9.81. The number of halogens is 1. The van der Waals surface area contributed by atoms with Crippen molar-refractivity contribution in [3.05, 3.63) is 53.1 Å². The van der Waals surface area contributed by atoms with Crippen molar-refractivity contribution < 1.29 is 0 Å². The van der Waals surface area contributed by atoms with Crippen LogP contribution in [0.25, 0.3) is 0 Å². The van der Waals surface area contributed by atoms with Crippen molar-refractivity contribution >= 4 is 11.6 Å². The molecule has 0 aliphatic rings. The van der Waals surface area contributed by atoms with Gasteiger partial charge < -0.3 is 10.3 Å². The van der Waals surface area contributed by atoms with Crippen LogP contribution in [0, 0.1) is 0 Å². The highest BCUT2D eigenvalue weighted by Crippen LogP contribution is 2.17. The quantitative estimate of drug-likeness (QED) is 0.905. The highest BCUT2D eigenvalue weighted by molar-refractivity contribution is 6.31. The maximum Gasteiger partial charge on any atom is 0.110 e. The van der Waals surface area contributed by atoms with Gasteiger partial charge in [-0.1, -0.05) is 29.8 Å². The lowest BCUT2D eigenvalue weighted by molar-refractivity contribution is 0.648. The summed E-state index contributed by atoms with van der Waals surface area (Å²) < 4.78 is 2.09. The lowest BCUT2D eigenvalue weighted by atomic mass is 10.2. The van der Waals surface area contributed by atoms with E-state index in [1.165, 1.54) is 0 Å². The van der Waals surface area contributed by atoms with E-state index < -0.39 is 0 Å². The number of imidazole rings is 1. The summed E-state index contributed by atoms with van der Waals surface area (Å²) in [6, 6.07) is 7.96. The first kappa shape index (κ1) is 12.1. The molecule has 0 fully saturated rings. The standard InChI is InChI=1S/C13H16ClN3/c1-10(15)8-13-16-6-7-17(13)9-11-4-2-3-5-12(11)14/h2-7,10H,8-9,15H2,1H3. The van der Waals surface area contributed by atoms with E-state index in [-0.39, 0.29) is 6.04 Å². The van der Waals surface area contributed by atoms with Gasteiger partial charge in [-0.15, -0.1) is 0 Å². The van der Waals surface area contributed by atoms with Gasteiger partial charge in [-0.2, -0.15) is 0 Å². The van der Waals surface area contributed by atoms with Gasteiger partial charge in [0.15, 0.2) is 0 Å². The molecule has 0 aliphatic heterocycles. The van der Waals surface area contributed by atoms with E-state index in [0.29, 0.717) is 0 Å². The smallest absolute Gasteiger partial charge is 0.110 e. The maximum absolute atomic E-state index is 6.14. The summed E-state index contributed by atoms with van der Waals surface area (Å²) in [5.74, 6) is 1.000. The summed E-state index contributed by atoms with van der Waals surface area (Å²) in [5.41, 5.74) is 6.89. The Morgan fingerprint density at radius 1 is 1.41 bits per heavy atom. The molecule has 2 rings (SSSR count). The van der Waals surface area contributed by atoms with Crippen LogP contribution in [0.1, 0.15) is 18.3 Å². The predicted molar refractivity (Wildman–Crippen MR) is 70.1 cm³/mol. The van der Waals surface area contributed by atoms with Crippen LogP contribution in [-0.2, 0) is 13.0 Å². The molecule has 0 amide bonds. The minimum Gasteiger partial charge on any atom is -0.330 e. The van der Waals surface area contributed by atoms with Gasteiger partial charge in [0.2, 0.25) is 0 Å². The van der Waals surface area contributed by atoms with E-state index in [9.17, 15) is 0 Å². The molecule has 1 heterocycles. The van der Waals surface area contributed by atoms with Crippen LogP contribution in [0.5, 0.6) is 0 Å². The van der Waals surface area contributed by atoms with Crippen LogP contribution in [-0.4, -0.2) is 15.6 Å². The third-order valence-electron chi connectivity index (χ3n) is 2.60. The number of rotatable bonds is 4. The van der Waals surface area contributed by atoms with Crippen LogP contribution in [0.4, 0.5) is 0 Å². The van der Waals surface area contributed by atoms with E-state index in [0.717, 1.165) is 29.4 Å². The molecule has 2 N–H and O–H groups in total. The summed E-state index contributed by atoms with van der Waals surface area (Å²) in [6.45, 7) is 2.72. The zero-order chi connectivity index (χ0) is 12.3. The summed E-state index contributed by atoms with van der Waals surface area (Å²) in [4.78, 5) is 4.32. The van der Waals surface area contributed by atoms with Crippen molar-refractivity contribution in [1.82, 2.24) is 9.55 Å². The van der Waals surface area contributed by atoms with Crippen LogP contribution < -0.4 is 5.73 Å². The van der Waals surface area contributed by atoms with Gasteiger partial charge in [0.05, 0.1) is 6.54 Å². The molecule has 17 heavy (non-hydrogen) atoms. The lowest BCUT2D eigenvalue weighted by Gasteiger charge is -2.10. The monoisotopic (exact) mass is 249 g/mol. The van der Waals surface area contributed by atoms with Crippen LogP contribution in [0.15, 0.2) is 36.7 Å². The second-order valence-corrected chi connectivity index (χ2v) is 4.65. The van der Waals surface area contributed by atoms with Gasteiger partial charge in [-0.05, 0) is 18.6 Å². The Morgan fingerprint density at radius 3 is 2.88 bits per heavy atom. The fraction of sp³-hybridized carbons (Fsp3) is 0.308. The Kier molecular flexibility index (Phi) is 3.82. The Labute approximate surface area is 106 Å². The molecule has 0 saturated heterocycles. The summed E-state index contributed by atoms with van der Waals surface area (Å²) >= 11 is 6.14. The van der Waals surface area contributed by atoms with E-state index in [1.54, 1.807) is 6.20 Å². The SMILES string of the molecule is CC(N)Cc1nccn1Cc1ccccc1Cl. The number of hydrogen-bond donors (Lipinski definition) is 1. The number of hydrogen-bond acceptors (Lipinski definition) is 2. The number of nitrogens with two attached hydrogens (primary N) is 1. The molecular weight excluding hydrogens is 234 g/mol. The maximum atomic E-state index is 6.14. The topological polar surface area (TPSA) is 43.8 Å². The normalized spacial score (nSPS) is 12.6. The van der Waals surface area contributed by atoms with E-state index in [2.05, 4.69) is 9.55 Å². The second kappa shape index (κ2) is 5.34. The fourth-order valence-electron chi connectivity index (χ4n) is 1.77. The van der Waals surface area contributed by atoms with Crippen LogP contribution in [0.3, 0.4) is 0 Å². The molecule has 1 unspecified atom stereocenters. The van der Waals surface area contributed by atoms with Crippen molar-refractivity contribution in [3.63, 3.8) is 0 Å². The first-order valence-corrected chi connectivity index (χ1v) is 6.03. The fourth-order valence-corrected chi connectivity index (χ4v) is 1.97. The largest absolute Gasteiger partial charge is 0.330 e. The highest BCUT2D eigenvalue weighted by atomic mass is 35.5. The molecule has 2 aromatic rings. The molecule has 1 aromatic heterocycles. The van der Waals surface area contributed by atoms with Gasteiger partial charge in [0, 0.05) is 29.9 Å². The lowest BCUT2D eigenvalue weighted by Crippen LogP contribution is -2.20. The molecule has 0 aliphatic carbocycles. The third kappa shape index (κ3) is 3.08. The van der Waals surface area contributed by atoms with Gasteiger partial charge >= 0.3 is 0 Å². The first-order valence-electron chi connectivity index (χ1n) is 5.66. The van der Waals surface area contributed by atoms with Crippen molar-refractivity contribution in [1.29, 1.82) is 0 Å². The molecule has 90 valence electrons. The Hall–Kier alpha value is -1.32. The minimum atomic E-state index is 0.113. The van der Waals surface area contributed by atoms with Crippen molar-refractivity contribution in [3.8, 4) is 0 Å². The van der Waals surface area contributed by atoms with Gasteiger partial charge in [-0.3, -0.25) is 0 Å². The average molecular weight is 250 g/mol. The van der Waals surface area contributed by atoms with Crippen LogP contribution in [0.2, 0.25) is 5.02 Å². The van der Waals surface area contributed by atoms with Crippen molar-refractivity contribution in [2.45, 2.75) is 25.9 Å². The van der Waals surface area contributed by atoms with E-state index >= 15 is 0 Å². The molecule has 0 spiro atoms. The Bertz CT molecular complexity index is 491. The Balaban J connectivity index is 2.19. The molecular formula is C13H16ClN3. The highest BCUT2D eigenvalue weighted by Gasteiger charge is 2.07. The molecule has 1 aromatic carbocycles. The summed E-state index contributed by atoms with van der Waals surface area (Å²) in [7, 11) is 0. The molecule has 0 saturated carbocycles. The molecule has 1 atom stereocenters. The molecule has 3 nitrogen and oxygen atoms in total. The van der Waals surface area contributed by atoms with Gasteiger partial charge in [0.1, 0.15) is 5.82 Å². The van der Waals surface area contributed by atoms with E-state index in [4.69, 9.17) is 17.3 Å². The third-order valence-corrected chi connectivity index (χ3v) is 2.97. The minimum absolute atomic E-state index is 0.113. The Morgan fingerprint density at radius 2 is 2.18 bits per heavy atom. The molecule has 0 bridgehead atoms. The number of nitrogens with zero attached hydrogens (tertiary/aromatic N) is 2. The number of aromatic nitrogens is 2. The zero-order valence-corrected chi connectivity index (χ0v) is 10.6. The summed E-state index contributed by atoms with van der Waals surface area (Å²) in [6.07, 6.45) is 4.53. The molecule has 0 radical (unpaired) electrons. The average Bonchev–Trinajstić information content (AvgIpc) is 2.68. The first-order chi connectivity index (χ1) is 8.16. The second-order valence-electron chi connectivity index (χ2n) is 4.24. The number of benzene rings is 1. The van der Waals surface area contributed by atoms with Crippen molar-refractivity contribution in [2.75, 3.05) is 0 Å². The van der Waals surface area contributed by atoms with Crippen LogP contribution >= 0.6 is 11.6 Å². The predicted octanol–water partition coefficient (Wildman–Crippen LogP) is 2.47. The van der Waals surface area contributed by atoms with Gasteiger partial charge in [-0.25, -0.2) is 4.98 Å². The van der Waals surface area contributed by atoms with Crippen molar-refractivity contribution in [2.24, 2.45) is 5.73 Å².